The van der Waals surface area contributed by atoms with Crippen molar-refractivity contribution < 1.29 is 18.3 Å². The average Bonchev–Trinajstić information content (AvgIpc) is 3.41. The molecule has 2 aromatic carbocycles. The molecular formula is C20H16ClF3N6O. The van der Waals surface area contributed by atoms with E-state index in [0.29, 0.717) is 17.4 Å². The fourth-order valence-corrected chi connectivity index (χ4v) is 3.45. The van der Waals surface area contributed by atoms with E-state index in [1.807, 2.05) is 0 Å². The van der Waals surface area contributed by atoms with Crippen molar-refractivity contribution in [1.82, 2.24) is 29.8 Å². The minimum Gasteiger partial charge on any atom is -0.382 e. The number of aliphatic hydroxyl groups is 1. The zero-order chi connectivity index (χ0) is 22.2. The van der Waals surface area contributed by atoms with E-state index < -0.39 is 29.0 Å². The Bertz CT molecular complexity index is 1220. The van der Waals surface area contributed by atoms with E-state index in [2.05, 4.69) is 20.4 Å². The molecule has 0 aliphatic rings. The third-order valence-electron chi connectivity index (χ3n) is 5.11. The van der Waals surface area contributed by atoms with E-state index in [-0.39, 0.29) is 17.1 Å². The van der Waals surface area contributed by atoms with E-state index >= 15 is 0 Å². The Morgan fingerprint density at radius 1 is 1.13 bits per heavy atom. The van der Waals surface area contributed by atoms with E-state index in [1.165, 1.54) is 46.4 Å². The maximum absolute atomic E-state index is 14.7. The van der Waals surface area contributed by atoms with Crippen LogP contribution in [0.4, 0.5) is 13.2 Å². The largest absolute Gasteiger partial charge is 0.382 e. The van der Waals surface area contributed by atoms with Crippen LogP contribution < -0.4 is 0 Å². The summed E-state index contributed by atoms with van der Waals surface area (Å²) >= 11 is 5.72. The van der Waals surface area contributed by atoms with Gasteiger partial charge < -0.3 is 5.11 Å². The second-order valence-corrected chi connectivity index (χ2v) is 7.46. The summed E-state index contributed by atoms with van der Waals surface area (Å²) in [6.07, 6.45) is 4.13. The van der Waals surface area contributed by atoms with E-state index in [1.54, 1.807) is 13.0 Å². The lowest BCUT2D eigenvalue weighted by Gasteiger charge is -2.33. The maximum atomic E-state index is 14.7. The summed E-state index contributed by atoms with van der Waals surface area (Å²) < 4.78 is 44.6. The average molecular weight is 449 g/mol. The van der Waals surface area contributed by atoms with Crippen molar-refractivity contribution >= 4 is 11.6 Å². The Morgan fingerprint density at radius 2 is 1.94 bits per heavy atom. The molecule has 0 spiro atoms. The summed E-state index contributed by atoms with van der Waals surface area (Å²) in [5.74, 6) is -3.13. The quantitative estimate of drug-likeness (QED) is 0.487. The van der Waals surface area contributed by atoms with Gasteiger partial charge >= 0.3 is 0 Å². The van der Waals surface area contributed by atoms with Gasteiger partial charge in [-0.2, -0.15) is 5.10 Å². The van der Waals surface area contributed by atoms with Crippen molar-refractivity contribution in [2.75, 3.05) is 0 Å². The summed E-state index contributed by atoms with van der Waals surface area (Å²) in [4.78, 5) is 3.84. The summed E-state index contributed by atoms with van der Waals surface area (Å²) in [6, 6.07) is 7.05. The predicted octanol–water partition coefficient (Wildman–Crippen LogP) is 3.62. The first-order valence-corrected chi connectivity index (χ1v) is 9.53. The SMILES string of the molecule is CC(c1cn(-c2ccc(Cl)c(F)c2)nn1)C(O)(Cn1cncn1)c1ccc(F)cc1F. The number of aromatic nitrogens is 6. The lowest BCUT2D eigenvalue weighted by molar-refractivity contribution is -0.0123. The monoisotopic (exact) mass is 448 g/mol. The zero-order valence-electron chi connectivity index (χ0n) is 16.1. The van der Waals surface area contributed by atoms with Gasteiger partial charge in [0, 0.05) is 23.6 Å². The van der Waals surface area contributed by atoms with Crippen molar-refractivity contribution in [1.29, 1.82) is 0 Å². The van der Waals surface area contributed by atoms with Gasteiger partial charge in [0.05, 0.1) is 29.1 Å². The Labute approximate surface area is 179 Å². The standard InChI is InChI=1S/C20H16ClF3N6O/c1-12(19-8-30(28-27-19)14-3-5-16(21)18(24)7-14)20(31,9-29-11-25-10-26-29)15-4-2-13(22)6-17(15)23/h2-8,10-12,31H,9H2,1H3. The third kappa shape index (κ3) is 4.04. The molecule has 0 saturated carbocycles. The van der Waals surface area contributed by atoms with Gasteiger partial charge in [-0.3, -0.25) is 0 Å². The predicted molar refractivity (Wildman–Crippen MR) is 105 cm³/mol. The molecule has 2 heterocycles. The van der Waals surface area contributed by atoms with Crippen LogP contribution in [0.2, 0.25) is 5.02 Å². The molecule has 0 bridgehead atoms. The Kier molecular flexibility index (Phi) is 5.50. The summed E-state index contributed by atoms with van der Waals surface area (Å²) in [6.45, 7) is 1.44. The fourth-order valence-electron chi connectivity index (χ4n) is 3.33. The molecule has 7 nitrogen and oxygen atoms in total. The number of hydrogen-bond acceptors (Lipinski definition) is 5. The van der Waals surface area contributed by atoms with Gasteiger partial charge in [-0.05, 0) is 18.2 Å². The van der Waals surface area contributed by atoms with Gasteiger partial charge in [0.25, 0.3) is 0 Å². The molecule has 2 atom stereocenters. The van der Waals surface area contributed by atoms with Gasteiger partial charge in [0.1, 0.15) is 35.7 Å². The van der Waals surface area contributed by atoms with Gasteiger partial charge in [-0.25, -0.2) is 27.5 Å². The molecular weight excluding hydrogens is 433 g/mol. The Balaban J connectivity index is 1.75. The van der Waals surface area contributed by atoms with E-state index in [4.69, 9.17) is 11.6 Å². The molecule has 0 aliphatic carbocycles. The van der Waals surface area contributed by atoms with E-state index in [9.17, 15) is 18.3 Å². The topological polar surface area (TPSA) is 81.6 Å². The van der Waals surface area contributed by atoms with Crippen molar-refractivity contribution in [3.63, 3.8) is 0 Å². The molecule has 0 radical (unpaired) electrons. The van der Waals surface area contributed by atoms with Crippen molar-refractivity contribution in [3.8, 4) is 5.69 Å². The van der Waals surface area contributed by atoms with Gasteiger partial charge in [-0.15, -0.1) is 5.10 Å². The third-order valence-corrected chi connectivity index (χ3v) is 5.41. The first kappa shape index (κ1) is 21.0. The van der Waals surface area contributed by atoms with Crippen molar-refractivity contribution in [3.05, 3.63) is 89.0 Å². The molecule has 0 amide bonds. The van der Waals surface area contributed by atoms with Crippen LogP contribution in [0, 0.1) is 17.5 Å². The van der Waals surface area contributed by atoms with Crippen LogP contribution in [0.25, 0.3) is 5.69 Å². The normalized spacial score (nSPS) is 14.4. The summed E-state index contributed by atoms with van der Waals surface area (Å²) in [7, 11) is 0. The summed E-state index contributed by atoms with van der Waals surface area (Å²) in [5, 5.41) is 23.6. The molecule has 2 unspecified atom stereocenters. The Hall–Kier alpha value is -3.24. The molecule has 11 heteroatoms. The maximum Gasteiger partial charge on any atom is 0.143 e. The van der Waals surface area contributed by atoms with Crippen molar-refractivity contribution in [2.24, 2.45) is 0 Å². The minimum atomic E-state index is -1.88. The van der Waals surface area contributed by atoms with Crippen LogP contribution in [0.1, 0.15) is 24.1 Å². The van der Waals surface area contributed by atoms with Gasteiger partial charge in [-0.1, -0.05) is 29.8 Å². The highest BCUT2D eigenvalue weighted by Crippen LogP contribution is 2.39. The highest BCUT2D eigenvalue weighted by Gasteiger charge is 2.41. The second kappa shape index (κ2) is 8.12. The molecule has 0 aliphatic heterocycles. The van der Waals surface area contributed by atoms with Crippen LogP contribution in [0.5, 0.6) is 0 Å². The zero-order valence-corrected chi connectivity index (χ0v) is 16.9. The highest BCUT2D eigenvalue weighted by atomic mass is 35.5. The van der Waals surface area contributed by atoms with Crippen LogP contribution in [0.15, 0.2) is 55.2 Å². The van der Waals surface area contributed by atoms with E-state index in [0.717, 1.165) is 6.07 Å². The molecule has 2 aromatic heterocycles. The fraction of sp³-hybridized carbons (Fsp3) is 0.200. The summed E-state index contributed by atoms with van der Waals surface area (Å²) in [5.41, 5.74) is -1.36. The first-order valence-electron chi connectivity index (χ1n) is 9.16. The van der Waals surface area contributed by atoms with Crippen LogP contribution in [-0.2, 0) is 12.1 Å². The van der Waals surface area contributed by atoms with Gasteiger partial charge in [0.2, 0.25) is 0 Å². The smallest absolute Gasteiger partial charge is 0.143 e. The molecule has 0 fully saturated rings. The minimum absolute atomic E-state index is 0.0357. The molecule has 1 N–H and O–H groups in total. The number of nitrogens with zero attached hydrogens (tertiary/aromatic N) is 6. The lowest BCUT2D eigenvalue weighted by atomic mass is 9.80. The number of benzene rings is 2. The highest BCUT2D eigenvalue weighted by molar-refractivity contribution is 6.30. The number of halogens is 4. The molecule has 4 rings (SSSR count). The molecule has 0 saturated heterocycles. The van der Waals surface area contributed by atoms with Crippen LogP contribution >= 0.6 is 11.6 Å². The number of rotatable bonds is 6. The lowest BCUT2D eigenvalue weighted by Crippen LogP contribution is -2.38. The van der Waals surface area contributed by atoms with Gasteiger partial charge in [0.15, 0.2) is 0 Å². The van der Waals surface area contributed by atoms with Crippen molar-refractivity contribution in [2.45, 2.75) is 25.0 Å². The number of hydrogen-bond donors (Lipinski definition) is 1. The second-order valence-electron chi connectivity index (χ2n) is 7.05. The van der Waals surface area contributed by atoms with Crippen LogP contribution in [0.3, 0.4) is 0 Å². The molecule has 31 heavy (non-hydrogen) atoms. The Morgan fingerprint density at radius 3 is 2.61 bits per heavy atom. The van der Waals surface area contributed by atoms with Crippen LogP contribution in [-0.4, -0.2) is 34.9 Å². The first-order chi connectivity index (χ1) is 14.8. The molecule has 160 valence electrons. The molecule has 4 aromatic rings.